The Morgan fingerprint density at radius 2 is 2.24 bits per heavy atom. The van der Waals surface area contributed by atoms with Crippen LogP contribution in [0.1, 0.15) is 32.6 Å². The molecule has 17 heavy (non-hydrogen) atoms. The first kappa shape index (κ1) is 14.0. The highest BCUT2D eigenvalue weighted by atomic mass is 16.4. The summed E-state index contributed by atoms with van der Waals surface area (Å²) in [5.41, 5.74) is 0. The molecule has 0 bridgehead atoms. The van der Waals surface area contributed by atoms with Crippen molar-refractivity contribution in [2.45, 2.75) is 32.6 Å². The molecule has 1 rings (SSSR count). The van der Waals surface area contributed by atoms with Crippen LogP contribution in [0.15, 0.2) is 0 Å². The highest BCUT2D eigenvalue weighted by Crippen LogP contribution is 2.20. The number of nitrogens with zero attached hydrogens (tertiary/aromatic N) is 1. The number of nitrogens with one attached hydrogen (secondary N) is 1. The maximum Gasteiger partial charge on any atom is 0.303 e. The molecule has 0 radical (unpaired) electrons. The maximum atomic E-state index is 11.8. The van der Waals surface area contributed by atoms with E-state index in [2.05, 4.69) is 12.2 Å². The summed E-state index contributed by atoms with van der Waals surface area (Å²) in [6.45, 7) is 4.83. The molecule has 1 unspecified atom stereocenters. The van der Waals surface area contributed by atoms with Gasteiger partial charge in [-0.15, -0.1) is 0 Å². The van der Waals surface area contributed by atoms with Gasteiger partial charge in [0, 0.05) is 19.5 Å². The average Bonchev–Trinajstić information content (AvgIpc) is 2.75. The molecular weight excluding hydrogens is 220 g/mol. The molecule has 0 aromatic heterocycles. The highest BCUT2D eigenvalue weighted by Gasteiger charge is 2.25. The van der Waals surface area contributed by atoms with Crippen molar-refractivity contribution < 1.29 is 14.7 Å². The number of aliphatic carboxylic acids is 1. The lowest BCUT2D eigenvalue weighted by atomic mass is 10.0. The molecular formula is C12H22N2O3. The normalized spacial score (nSPS) is 19.6. The van der Waals surface area contributed by atoms with E-state index in [1.807, 2.05) is 4.90 Å². The van der Waals surface area contributed by atoms with E-state index in [0.29, 0.717) is 18.9 Å². The van der Waals surface area contributed by atoms with Crippen LogP contribution in [0.25, 0.3) is 0 Å². The third-order valence-corrected chi connectivity index (χ3v) is 3.11. The number of carbonyl (C=O) groups excluding carboxylic acids is 1. The molecule has 0 spiro atoms. The van der Waals surface area contributed by atoms with Crippen molar-refractivity contribution in [1.82, 2.24) is 10.2 Å². The van der Waals surface area contributed by atoms with E-state index in [4.69, 9.17) is 5.11 Å². The van der Waals surface area contributed by atoms with E-state index in [0.717, 1.165) is 32.5 Å². The number of amides is 1. The van der Waals surface area contributed by atoms with E-state index >= 15 is 0 Å². The maximum absolute atomic E-state index is 11.8. The van der Waals surface area contributed by atoms with Gasteiger partial charge in [-0.25, -0.2) is 0 Å². The van der Waals surface area contributed by atoms with Crippen molar-refractivity contribution in [2.24, 2.45) is 5.92 Å². The summed E-state index contributed by atoms with van der Waals surface area (Å²) in [7, 11) is 0. The van der Waals surface area contributed by atoms with Gasteiger partial charge in [0.15, 0.2) is 0 Å². The minimum absolute atomic E-state index is 0.135. The molecule has 2 N–H and O–H groups in total. The Kier molecular flexibility index (Phi) is 5.97. The summed E-state index contributed by atoms with van der Waals surface area (Å²) < 4.78 is 0. The smallest absolute Gasteiger partial charge is 0.303 e. The fraction of sp³-hybridized carbons (Fsp3) is 0.833. The van der Waals surface area contributed by atoms with E-state index in [9.17, 15) is 9.59 Å². The number of rotatable bonds is 7. The topological polar surface area (TPSA) is 69.6 Å². The standard InChI is InChI=1S/C12H22N2O3/c1-2-6-13-8-11(15)14-7-5-10(9-14)3-4-12(16)17/h10,13H,2-9H2,1H3,(H,16,17). The summed E-state index contributed by atoms with van der Waals surface area (Å²) in [5.74, 6) is -0.253. The molecule has 0 aromatic rings. The van der Waals surface area contributed by atoms with Crippen LogP contribution in [0.4, 0.5) is 0 Å². The lowest BCUT2D eigenvalue weighted by Crippen LogP contribution is -2.37. The number of hydrogen-bond donors (Lipinski definition) is 2. The zero-order chi connectivity index (χ0) is 12.7. The van der Waals surface area contributed by atoms with Crippen LogP contribution in [0.2, 0.25) is 0 Å². The van der Waals surface area contributed by atoms with Crippen molar-refractivity contribution in [1.29, 1.82) is 0 Å². The van der Waals surface area contributed by atoms with Crippen LogP contribution in [0, 0.1) is 5.92 Å². The molecule has 5 heteroatoms. The Labute approximate surface area is 102 Å². The molecule has 1 aliphatic rings. The van der Waals surface area contributed by atoms with Crippen LogP contribution >= 0.6 is 0 Å². The Balaban J connectivity index is 2.20. The lowest BCUT2D eigenvalue weighted by Gasteiger charge is -2.16. The predicted molar refractivity (Wildman–Crippen MR) is 64.7 cm³/mol. The fourth-order valence-electron chi connectivity index (χ4n) is 2.11. The van der Waals surface area contributed by atoms with Gasteiger partial charge in [-0.05, 0) is 31.7 Å². The molecule has 1 amide bonds. The van der Waals surface area contributed by atoms with E-state index in [1.165, 1.54) is 0 Å². The fourth-order valence-corrected chi connectivity index (χ4v) is 2.11. The van der Waals surface area contributed by atoms with Crippen molar-refractivity contribution in [2.75, 3.05) is 26.2 Å². The SMILES string of the molecule is CCCNCC(=O)N1CCC(CCC(=O)O)C1. The van der Waals surface area contributed by atoms with E-state index < -0.39 is 5.97 Å². The first-order valence-corrected chi connectivity index (χ1v) is 6.33. The highest BCUT2D eigenvalue weighted by molar-refractivity contribution is 5.78. The van der Waals surface area contributed by atoms with Crippen molar-refractivity contribution in [3.05, 3.63) is 0 Å². The first-order chi connectivity index (χ1) is 8.13. The zero-order valence-corrected chi connectivity index (χ0v) is 10.4. The van der Waals surface area contributed by atoms with Crippen LogP contribution in [0.3, 0.4) is 0 Å². The summed E-state index contributed by atoms with van der Waals surface area (Å²) in [5, 5.41) is 11.7. The Bertz CT molecular complexity index is 268. The van der Waals surface area contributed by atoms with Gasteiger partial charge < -0.3 is 15.3 Å². The van der Waals surface area contributed by atoms with Crippen molar-refractivity contribution >= 4 is 11.9 Å². The summed E-state index contributed by atoms with van der Waals surface area (Å²) >= 11 is 0. The zero-order valence-electron chi connectivity index (χ0n) is 10.4. The van der Waals surface area contributed by atoms with Gasteiger partial charge in [-0.1, -0.05) is 6.92 Å². The number of carbonyl (C=O) groups is 2. The van der Waals surface area contributed by atoms with Gasteiger partial charge in [-0.2, -0.15) is 0 Å². The molecule has 98 valence electrons. The second-order valence-corrected chi connectivity index (χ2v) is 4.60. The summed E-state index contributed by atoms with van der Waals surface area (Å²) in [6.07, 6.45) is 2.85. The van der Waals surface area contributed by atoms with Gasteiger partial charge in [0.25, 0.3) is 0 Å². The second kappa shape index (κ2) is 7.27. The minimum atomic E-state index is -0.751. The van der Waals surface area contributed by atoms with Crippen LogP contribution < -0.4 is 5.32 Å². The Morgan fingerprint density at radius 1 is 1.47 bits per heavy atom. The van der Waals surface area contributed by atoms with Gasteiger partial charge in [0.2, 0.25) is 5.91 Å². The summed E-state index contributed by atoms with van der Waals surface area (Å²) in [4.78, 5) is 24.0. The number of carboxylic acid groups (broad SMARTS) is 1. The monoisotopic (exact) mass is 242 g/mol. The Hall–Kier alpha value is -1.10. The van der Waals surface area contributed by atoms with Gasteiger partial charge in [0.05, 0.1) is 6.54 Å². The first-order valence-electron chi connectivity index (χ1n) is 6.33. The molecule has 0 aliphatic carbocycles. The average molecular weight is 242 g/mol. The van der Waals surface area contributed by atoms with E-state index in [-0.39, 0.29) is 12.3 Å². The Morgan fingerprint density at radius 3 is 2.88 bits per heavy atom. The molecule has 1 aliphatic heterocycles. The molecule has 5 nitrogen and oxygen atoms in total. The van der Waals surface area contributed by atoms with Crippen molar-refractivity contribution in [3.63, 3.8) is 0 Å². The number of hydrogen-bond acceptors (Lipinski definition) is 3. The van der Waals surface area contributed by atoms with E-state index in [1.54, 1.807) is 0 Å². The quantitative estimate of drug-likeness (QED) is 0.645. The molecule has 1 heterocycles. The van der Waals surface area contributed by atoms with Crippen molar-refractivity contribution in [3.8, 4) is 0 Å². The lowest BCUT2D eigenvalue weighted by molar-refractivity contribution is -0.137. The largest absolute Gasteiger partial charge is 0.481 e. The number of likely N-dealkylation sites (tertiary alicyclic amines) is 1. The van der Waals surface area contributed by atoms with Crippen LogP contribution in [-0.4, -0.2) is 48.1 Å². The number of carboxylic acids is 1. The molecule has 0 aromatic carbocycles. The third kappa shape index (κ3) is 5.17. The van der Waals surface area contributed by atoms with Crippen LogP contribution in [0.5, 0.6) is 0 Å². The summed E-state index contributed by atoms with van der Waals surface area (Å²) in [6, 6.07) is 0. The third-order valence-electron chi connectivity index (χ3n) is 3.11. The molecule has 1 atom stereocenters. The predicted octanol–water partition coefficient (Wildman–Crippen LogP) is 0.699. The molecule has 1 fully saturated rings. The van der Waals surface area contributed by atoms with Crippen LogP contribution in [-0.2, 0) is 9.59 Å². The second-order valence-electron chi connectivity index (χ2n) is 4.60. The minimum Gasteiger partial charge on any atom is -0.481 e. The van der Waals surface area contributed by atoms with Gasteiger partial charge >= 0.3 is 5.97 Å². The molecule has 1 saturated heterocycles. The van der Waals surface area contributed by atoms with Gasteiger partial charge in [-0.3, -0.25) is 9.59 Å². The van der Waals surface area contributed by atoms with Gasteiger partial charge in [0.1, 0.15) is 0 Å². The molecule has 0 saturated carbocycles.